The van der Waals surface area contributed by atoms with Crippen molar-refractivity contribution in [3.05, 3.63) is 56.9 Å². The van der Waals surface area contributed by atoms with Crippen LogP contribution in [0, 0.1) is 10.5 Å². The fraction of sp³-hybridized carbons (Fsp3) is 0.154. The van der Waals surface area contributed by atoms with Crippen LogP contribution in [0.15, 0.2) is 36.4 Å². The van der Waals surface area contributed by atoms with Gasteiger partial charge in [-0.1, -0.05) is 30.3 Å². The van der Waals surface area contributed by atoms with Crippen LogP contribution in [0.1, 0.15) is 21.7 Å². The number of halogens is 1. The molecular weight excluding hydrogens is 329 g/mol. The number of carboxylic acid groups (broad SMARTS) is 1. The van der Waals surface area contributed by atoms with Crippen molar-refractivity contribution in [2.75, 3.05) is 0 Å². The normalized spacial score (nSPS) is 10.5. The van der Waals surface area contributed by atoms with Crippen molar-refractivity contribution in [3.8, 4) is 0 Å². The minimum Gasteiger partial charge on any atom is -0.477 e. The van der Waals surface area contributed by atoms with Gasteiger partial charge in [-0.05, 0) is 41.1 Å². The Morgan fingerprint density at radius 2 is 2.00 bits per heavy atom. The van der Waals surface area contributed by atoms with Gasteiger partial charge in [0.25, 0.3) is 0 Å². The van der Waals surface area contributed by atoms with Crippen LogP contribution >= 0.6 is 22.6 Å². The lowest BCUT2D eigenvalue weighted by atomic mass is 10.2. The molecule has 4 heteroatoms. The molecule has 88 valence electrons. The van der Waals surface area contributed by atoms with Gasteiger partial charge in [-0.2, -0.15) is 0 Å². The monoisotopic (exact) mass is 341 g/mol. The largest absolute Gasteiger partial charge is 0.477 e. The molecule has 0 fully saturated rings. The molecule has 3 nitrogen and oxygen atoms in total. The van der Waals surface area contributed by atoms with Crippen molar-refractivity contribution < 1.29 is 9.90 Å². The Labute approximate surface area is 113 Å². The van der Waals surface area contributed by atoms with Gasteiger partial charge >= 0.3 is 5.97 Å². The van der Waals surface area contributed by atoms with Gasteiger partial charge in [-0.25, -0.2) is 4.79 Å². The summed E-state index contributed by atoms with van der Waals surface area (Å²) < 4.78 is 2.82. The molecule has 0 aliphatic heterocycles. The summed E-state index contributed by atoms with van der Waals surface area (Å²) >= 11 is 2.16. The zero-order valence-electron chi connectivity index (χ0n) is 9.35. The number of nitrogens with zero attached hydrogens (tertiary/aromatic N) is 1. The van der Waals surface area contributed by atoms with E-state index in [-0.39, 0.29) is 0 Å². The lowest BCUT2D eigenvalue weighted by molar-refractivity contribution is 0.0685. The van der Waals surface area contributed by atoms with E-state index < -0.39 is 5.97 Å². The fourth-order valence-corrected chi connectivity index (χ4v) is 2.35. The maximum Gasteiger partial charge on any atom is 0.352 e. The molecule has 1 aromatic carbocycles. The van der Waals surface area contributed by atoms with Gasteiger partial charge in [0.15, 0.2) is 0 Å². The topological polar surface area (TPSA) is 42.2 Å². The summed E-state index contributed by atoms with van der Waals surface area (Å²) in [4.78, 5) is 11.2. The Bertz CT molecular complexity index is 546. The number of hydrogen-bond donors (Lipinski definition) is 1. The molecule has 0 saturated carbocycles. The molecule has 0 unspecified atom stereocenters. The molecule has 0 saturated heterocycles. The van der Waals surface area contributed by atoms with E-state index in [1.165, 1.54) is 0 Å². The average Bonchev–Trinajstić information content (AvgIpc) is 2.59. The van der Waals surface area contributed by atoms with Gasteiger partial charge in [0.2, 0.25) is 0 Å². The highest BCUT2D eigenvalue weighted by Crippen LogP contribution is 2.19. The summed E-state index contributed by atoms with van der Waals surface area (Å²) in [7, 11) is 0. The molecular formula is C13H12INO2. The molecule has 0 aliphatic carbocycles. The second kappa shape index (κ2) is 4.91. The molecule has 1 aromatic heterocycles. The molecule has 0 spiro atoms. The van der Waals surface area contributed by atoms with Crippen molar-refractivity contribution in [1.29, 1.82) is 0 Å². The van der Waals surface area contributed by atoms with Gasteiger partial charge in [0, 0.05) is 15.8 Å². The van der Waals surface area contributed by atoms with Gasteiger partial charge < -0.3 is 9.67 Å². The van der Waals surface area contributed by atoms with Crippen molar-refractivity contribution in [1.82, 2.24) is 4.57 Å². The zero-order valence-corrected chi connectivity index (χ0v) is 11.5. The molecule has 0 atom stereocenters. The van der Waals surface area contributed by atoms with Crippen LogP contribution in [0.2, 0.25) is 0 Å². The Hall–Kier alpha value is -1.30. The third-order valence-corrected chi connectivity index (χ3v) is 3.80. The molecule has 0 bridgehead atoms. The summed E-state index contributed by atoms with van der Waals surface area (Å²) in [6.07, 6.45) is 0. The van der Waals surface area contributed by atoms with Gasteiger partial charge in [0.05, 0.1) is 0 Å². The van der Waals surface area contributed by atoms with E-state index in [9.17, 15) is 4.79 Å². The Kier molecular flexibility index (Phi) is 3.51. The molecule has 1 heterocycles. The summed E-state index contributed by atoms with van der Waals surface area (Å²) in [6, 6.07) is 11.6. The second-order valence-corrected chi connectivity index (χ2v) is 5.00. The summed E-state index contributed by atoms with van der Waals surface area (Å²) in [5.74, 6) is -0.882. The van der Waals surface area contributed by atoms with Gasteiger partial charge in [-0.3, -0.25) is 0 Å². The molecule has 0 aliphatic rings. The highest BCUT2D eigenvalue weighted by molar-refractivity contribution is 14.1. The highest BCUT2D eigenvalue weighted by Gasteiger charge is 2.15. The van der Waals surface area contributed by atoms with Gasteiger partial charge in [0.1, 0.15) is 5.69 Å². The SMILES string of the molecule is Cc1c(I)cc(C(=O)O)n1Cc1ccccc1. The van der Waals surface area contributed by atoms with Gasteiger partial charge in [-0.15, -0.1) is 0 Å². The predicted octanol–water partition coefficient (Wildman–Crippen LogP) is 3.15. The van der Waals surface area contributed by atoms with Crippen LogP contribution in [0.4, 0.5) is 0 Å². The van der Waals surface area contributed by atoms with E-state index in [4.69, 9.17) is 5.11 Å². The summed E-state index contributed by atoms with van der Waals surface area (Å²) in [6.45, 7) is 2.54. The second-order valence-electron chi connectivity index (χ2n) is 3.84. The Balaban J connectivity index is 2.41. The number of carboxylic acids is 1. The number of hydrogen-bond acceptors (Lipinski definition) is 1. The van der Waals surface area contributed by atoms with Crippen LogP contribution in [-0.4, -0.2) is 15.6 Å². The average molecular weight is 341 g/mol. The Morgan fingerprint density at radius 3 is 2.59 bits per heavy atom. The van der Waals surface area contributed by atoms with Crippen LogP contribution in [0.3, 0.4) is 0 Å². The standard InChI is InChI=1S/C13H12INO2/c1-9-11(14)7-12(13(16)17)15(9)8-10-5-3-2-4-6-10/h2-7H,8H2,1H3,(H,16,17). The summed E-state index contributed by atoms with van der Waals surface area (Å²) in [5.41, 5.74) is 2.44. The van der Waals surface area contributed by atoms with Crippen LogP contribution < -0.4 is 0 Å². The van der Waals surface area contributed by atoms with Crippen LogP contribution in [0.25, 0.3) is 0 Å². The first-order chi connectivity index (χ1) is 8.09. The highest BCUT2D eigenvalue weighted by atomic mass is 127. The third-order valence-electron chi connectivity index (χ3n) is 2.71. The first-order valence-electron chi connectivity index (χ1n) is 5.22. The molecule has 0 amide bonds. The first kappa shape index (κ1) is 12.2. The van der Waals surface area contributed by atoms with Crippen molar-refractivity contribution >= 4 is 28.6 Å². The fourth-order valence-electron chi connectivity index (χ4n) is 1.76. The van der Waals surface area contributed by atoms with E-state index in [2.05, 4.69) is 22.6 Å². The lowest BCUT2D eigenvalue weighted by Crippen LogP contribution is -2.10. The van der Waals surface area contributed by atoms with Crippen molar-refractivity contribution in [2.24, 2.45) is 0 Å². The lowest BCUT2D eigenvalue weighted by Gasteiger charge is -2.09. The molecule has 2 aromatic rings. The Morgan fingerprint density at radius 1 is 1.35 bits per heavy atom. The number of aromatic nitrogens is 1. The maximum absolute atomic E-state index is 11.2. The number of aromatic carboxylic acids is 1. The minimum atomic E-state index is -0.882. The van der Waals surface area contributed by atoms with E-state index in [0.29, 0.717) is 12.2 Å². The molecule has 1 N–H and O–H groups in total. The third kappa shape index (κ3) is 2.52. The smallest absolute Gasteiger partial charge is 0.352 e. The zero-order chi connectivity index (χ0) is 12.4. The van der Waals surface area contributed by atoms with Crippen LogP contribution in [0.5, 0.6) is 0 Å². The molecule has 0 radical (unpaired) electrons. The van der Waals surface area contributed by atoms with E-state index in [0.717, 1.165) is 14.8 Å². The minimum absolute atomic E-state index is 0.343. The number of carbonyl (C=O) groups is 1. The van der Waals surface area contributed by atoms with Crippen molar-refractivity contribution in [3.63, 3.8) is 0 Å². The van der Waals surface area contributed by atoms with Crippen molar-refractivity contribution in [2.45, 2.75) is 13.5 Å². The maximum atomic E-state index is 11.2. The quantitative estimate of drug-likeness (QED) is 0.872. The number of benzene rings is 1. The number of rotatable bonds is 3. The van der Waals surface area contributed by atoms with E-state index in [1.54, 1.807) is 6.07 Å². The van der Waals surface area contributed by atoms with Crippen LogP contribution in [-0.2, 0) is 6.54 Å². The first-order valence-corrected chi connectivity index (χ1v) is 6.30. The molecule has 2 rings (SSSR count). The summed E-state index contributed by atoms with van der Waals surface area (Å²) in [5, 5.41) is 9.16. The van der Waals surface area contributed by atoms with E-state index in [1.807, 2.05) is 41.8 Å². The molecule has 17 heavy (non-hydrogen) atoms. The van der Waals surface area contributed by atoms with E-state index >= 15 is 0 Å². The predicted molar refractivity (Wildman–Crippen MR) is 74.4 cm³/mol.